The number of carbonyl (C=O) groups is 1. The van der Waals surface area contributed by atoms with Crippen molar-refractivity contribution in [1.82, 2.24) is 5.32 Å². The quantitative estimate of drug-likeness (QED) is 0.509. The molecule has 2 heteroatoms. The van der Waals surface area contributed by atoms with Crippen molar-refractivity contribution in [3.05, 3.63) is 12.2 Å². The van der Waals surface area contributed by atoms with Crippen LogP contribution in [0.2, 0.25) is 0 Å². The Balaban J connectivity index is 0.000000180. The van der Waals surface area contributed by atoms with E-state index >= 15 is 0 Å². The Morgan fingerprint density at radius 2 is 2.00 bits per heavy atom. The predicted molar refractivity (Wildman–Crippen MR) is 42.7 cm³/mol. The number of hydrogen-bond donors (Lipinski definition) is 1. The molecule has 1 amide bonds. The molecule has 0 aliphatic carbocycles. The van der Waals surface area contributed by atoms with Crippen LogP contribution in [0.5, 0.6) is 0 Å². The first-order valence-corrected chi connectivity index (χ1v) is 3.65. The molecule has 0 bridgehead atoms. The molecule has 1 rings (SSSR count). The summed E-state index contributed by atoms with van der Waals surface area (Å²) in [6.45, 7) is 4.89. The van der Waals surface area contributed by atoms with E-state index in [1.54, 1.807) is 0 Å². The van der Waals surface area contributed by atoms with Gasteiger partial charge in [0.1, 0.15) is 0 Å². The lowest BCUT2D eigenvalue weighted by Gasteiger charge is -1.80. The molecule has 1 N–H and O–H groups in total. The average Bonchev–Trinajstić information content (AvgIpc) is 2.40. The molecule has 1 aliphatic heterocycles. The number of nitrogens with one attached hydrogen (secondary N) is 1. The topological polar surface area (TPSA) is 29.1 Å². The van der Waals surface area contributed by atoms with E-state index in [4.69, 9.17) is 0 Å². The van der Waals surface area contributed by atoms with E-state index in [0.717, 1.165) is 19.4 Å². The third kappa shape index (κ3) is 5.35. The summed E-state index contributed by atoms with van der Waals surface area (Å²) in [4.78, 5) is 10.1. The highest BCUT2D eigenvalue weighted by molar-refractivity contribution is 5.77. The number of amides is 1. The fraction of sp³-hybridized carbons (Fsp3) is 0.625. The van der Waals surface area contributed by atoms with E-state index in [1.165, 1.54) is 0 Å². The second kappa shape index (κ2) is 6.33. The molecule has 0 aromatic carbocycles. The van der Waals surface area contributed by atoms with E-state index in [2.05, 4.69) is 5.32 Å². The minimum atomic E-state index is 0.204. The van der Waals surface area contributed by atoms with Gasteiger partial charge in [0.25, 0.3) is 0 Å². The van der Waals surface area contributed by atoms with Crippen LogP contribution < -0.4 is 5.32 Å². The van der Waals surface area contributed by atoms with E-state index in [0.29, 0.717) is 0 Å². The Bertz CT molecular complexity index is 106. The monoisotopic (exact) mass is 141 g/mol. The van der Waals surface area contributed by atoms with Crippen LogP contribution in [0.25, 0.3) is 0 Å². The van der Waals surface area contributed by atoms with Crippen LogP contribution in [0.3, 0.4) is 0 Å². The summed E-state index contributed by atoms with van der Waals surface area (Å²) in [5.41, 5.74) is 0. The summed E-state index contributed by atoms with van der Waals surface area (Å²) >= 11 is 0. The fourth-order valence-electron chi connectivity index (χ4n) is 0.565. The number of rotatable bonds is 0. The van der Waals surface area contributed by atoms with E-state index in [1.807, 2.05) is 26.0 Å². The van der Waals surface area contributed by atoms with Gasteiger partial charge in [-0.3, -0.25) is 4.79 Å². The smallest absolute Gasteiger partial charge is 0.220 e. The Morgan fingerprint density at radius 3 is 2.10 bits per heavy atom. The van der Waals surface area contributed by atoms with Crippen molar-refractivity contribution in [2.45, 2.75) is 26.7 Å². The van der Waals surface area contributed by atoms with Crippen LogP contribution in [-0.4, -0.2) is 12.5 Å². The second-order valence-corrected chi connectivity index (χ2v) is 2.12. The molecule has 10 heavy (non-hydrogen) atoms. The van der Waals surface area contributed by atoms with Gasteiger partial charge in [0.15, 0.2) is 0 Å². The standard InChI is InChI=1S/C4H7NO.C4H8/c6-4-2-1-3-5-4;1-3-4-2/h1-3H2,(H,5,6);3-4H,1-2H3. The maximum absolute atomic E-state index is 10.1. The zero-order chi connectivity index (χ0) is 7.82. The lowest BCUT2D eigenvalue weighted by atomic mass is 10.4. The zero-order valence-electron chi connectivity index (χ0n) is 6.68. The van der Waals surface area contributed by atoms with Crippen molar-refractivity contribution in [2.24, 2.45) is 0 Å². The van der Waals surface area contributed by atoms with Crippen LogP contribution >= 0.6 is 0 Å². The average molecular weight is 141 g/mol. The van der Waals surface area contributed by atoms with Crippen molar-refractivity contribution in [3.8, 4) is 0 Å². The number of allylic oxidation sites excluding steroid dienone is 2. The van der Waals surface area contributed by atoms with Gasteiger partial charge in [-0.05, 0) is 20.3 Å². The molecule has 0 aromatic heterocycles. The highest BCUT2D eigenvalue weighted by Gasteiger charge is 2.05. The van der Waals surface area contributed by atoms with Crippen molar-refractivity contribution in [2.75, 3.05) is 6.54 Å². The van der Waals surface area contributed by atoms with Crippen LogP contribution in [-0.2, 0) is 4.79 Å². The van der Waals surface area contributed by atoms with Crippen LogP contribution in [0, 0.1) is 0 Å². The summed E-state index contributed by atoms with van der Waals surface area (Å²) < 4.78 is 0. The van der Waals surface area contributed by atoms with Crippen LogP contribution in [0.15, 0.2) is 12.2 Å². The summed E-state index contributed by atoms with van der Waals surface area (Å²) in [6.07, 6.45) is 5.76. The van der Waals surface area contributed by atoms with Crippen molar-refractivity contribution >= 4 is 5.91 Å². The molecule has 58 valence electrons. The summed E-state index contributed by atoms with van der Waals surface area (Å²) in [6, 6.07) is 0. The maximum atomic E-state index is 10.1. The Labute approximate surface area is 62.3 Å². The second-order valence-electron chi connectivity index (χ2n) is 2.12. The molecule has 1 aliphatic rings. The van der Waals surface area contributed by atoms with Gasteiger partial charge >= 0.3 is 0 Å². The first-order valence-electron chi connectivity index (χ1n) is 3.65. The largest absolute Gasteiger partial charge is 0.356 e. The van der Waals surface area contributed by atoms with Crippen molar-refractivity contribution < 1.29 is 4.79 Å². The molecule has 0 atom stereocenters. The molecule has 0 radical (unpaired) electrons. The van der Waals surface area contributed by atoms with Gasteiger partial charge in [0, 0.05) is 13.0 Å². The normalized spacial score (nSPS) is 16.4. The summed E-state index contributed by atoms with van der Waals surface area (Å²) in [5.74, 6) is 0.204. The Morgan fingerprint density at radius 1 is 1.40 bits per heavy atom. The third-order valence-corrected chi connectivity index (χ3v) is 1.24. The summed E-state index contributed by atoms with van der Waals surface area (Å²) in [7, 11) is 0. The van der Waals surface area contributed by atoms with Gasteiger partial charge < -0.3 is 5.32 Å². The minimum Gasteiger partial charge on any atom is -0.356 e. The van der Waals surface area contributed by atoms with E-state index < -0.39 is 0 Å². The molecule has 0 aromatic rings. The molecule has 0 unspecified atom stereocenters. The van der Waals surface area contributed by atoms with Gasteiger partial charge in [0.05, 0.1) is 0 Å². The SMILES string of the molecule is CC=CC.O=C1CCCN1. The maximum Gasteiger partial charge on any atom is 0.220 e. The number of hydrogen-bond acceptors (Lipinski definition) is 1. The van der Waals surface area contributed by atoms with Gasteiger partial charge in [-0.1, -0.05) is 12.2 Å². The first-order chi connectivity index (χ1) is 4.81. The Kier molecular flexibility index (Phi) is 5.83. The molecule has 1 saturated heterocycles. The fourth-order valence-corrected chi connectivity index (χ4v) is 0.565. The predicted octanol–water partition coefficient (Wildman–Crippen LogP) is 1.48. The summed E-state index contributed by atoms with van der Waals surface area (Å²) in [5, 5.41) is 2.68. The van der Waals surface area contributed by atoms with E-state index in [-0.39, 0.29) is 5.91 Å². The molecular weight excluding hydrogens is 126 g/mol. The lowest BCUT2D eigenvalue weighted by Crippen LogP contribution is -2.12. The van der Waals surface area contributed by atoms with Crippen molar-refractivity contribution in [3.63, 3.8) is 0 Å². The van der Waals surface area contributed by atoms with E-state index in [9.17, 15) is 4.79 Å². The van der Waals surface area contributed by atoms with Crippen LogP contribution in [0.1, 0.15) is 26.7 Å². The van der Waals surface area contributed by atoms with Gasteiger partial charge in [-0.15, -0.1) is 0 Å². The zero-order valence-corrected chi connectivity index (χ0v) is 6.68. The number of carbonyl (C=O) groups excluding carboxylic acids is 1. The minimum absolute atomic E-state index is 0.204. The molecule has 2 nitrogen and oxygen atoms in total. The first kappa shape index (κ1) is 9.21. The lowest BCUT2D eigenvalue weighted by molar-refractivity contribution is -0.119. The molecule has 0 saturated carbocycles. The van der Waals surface area contributed by atoms with Gasteiger partial charge in [-0.25, -0.2) is 0 Å². The molecule has 1 fully saturated rings. The van der Waals surface area contributed by atoms with Gasteiger partial charge in [0.2, 0.25) is 5.91 Å². The third-order valence-electron chi connectivity index (χ3n) is 1.24. The van der Waals surface area contributed by atoms with Gasteiger partial charge in [-0.2, -0.15) is 0 Å². The Hall–Kier alpha value is -0.790. The van der Waals surface area contributed by atoms with Crippen LogP contribution in [0.4, 0.5) is 0 Å². The van der Waals surface area contributed by atoms with Crippen molar-refractivity contribution in [1.29, 1.82) is 0 Å². The molecule has 1 heterocycles. The highest BCUT2D eigenvalue weighted by atomic mass is 16.1. The highest BCUT2D eigenvalue weighted by Crippen LogP contribution is 1.93. The molecular formula is C8H15NO. The molecule has 0 spiro atoms.